The van der Waals surface area contributed by atoms with Gasteiger partial charge in [-0.3, -0.25) is 10.1 Å². The topological polar surface area (TPSA) is 79.4 Å². The molecule has 0 bridgehead atoms. The highest BCUT2D eigenvalue weighted by molar-refractivity contribution is 7.89. The molecule has 1 saturated heterocycles. The van der Waals surface area contributed by atoms with E-state index in [1.807, 2.05) is 13.8 Å². The van der Waals surface area contributed by atoms with Crippen molar-refractivity contribution in [2.45, 2.75) is 31.6 Å². The van der Waals surface area contributed by atoms with Crippen molar-refractivity contribution in [3.05, 3.63) is 39.9 Å². The maximum atomic E-state index is 13.0. The first-order valence-corrected chi connectivity index (χ1v) is 10.9. The number of benzene rings is 1. The zero-order valence-electron chi connectivity index (χ0n) is 14.5. The lowest BCUT2D eigenvalue weighted by atomic mass is 10.0. The van der Waals surface area contributed by atoms with Crippen molar-refractivity contribution in [2.75, 3.05) is 18.4 Å². The molecule has 0 unspecified atom stereocenters. The second kappa shape index (κ2) is 7.64. The van der Waals surface area contributed by atoms with Crippen LogP contribution >= 0.6 is 22.9 Å². The Kier molecular flexibility index (Phi) is 5.67. The molecule has 1 atom stereocenters. The second-order valence-electron chi connectivity index (χ2n) is 6.49. The molecule has 3 rings (SSSR count). The number of aromatic nitrogens is 1. The Labute approximate surface area is 162 Å². The van der Waals surface area contributed by atoms with E-state index in [4.69, 9.17) is 11.6 Å². The molecular formula is C17H20ClN3O3S2. The molecule has 6 nitrogen and oxygen atoms in total. The predicted molar refractivity (Wildman–Crippen MR) is 103 cm³/mol. The maximum Gasteiger partial charge on any atom is 0.257 e. The molecule has 1 aliphatic heterocycles. The van der Waals surface area contributed by atoms with Gasteiger partial charge in [-0.2, -0.15) is 4.31 Å². The van der Waals surface area contributed by atoms with Crippen LogP contribution in [0.5, 0.6) is 0 Å². The average Bonchev–Trinajstić information content (AvgIpc) is 3.00. The minimum absolute atomic E-state index is 0.0313. The lowest BCUT2D eigenvalue weighted by Crippen LogP contribution is -2.39. The van der Waals surface area contributed by atoms with Gasteiger partial charge in [0.1, 0.15) is 4.90 Å². The van der Waals surface area contributed by atoms with Crippen LogP contribution in [0, 0.1) is 12.8 Å². The summed E-state index contributed by atoms with van der Waals surface area (Å²) in [5.74, 6) is -0.114. The van der Waals surface area contributed by atoms with E-state index in [9.17, 15) is 13.2 Å². The molecule has 26 heavy (non-hydrogen) atoms. The molecule has 1 aromatic carbocycles. The number of carbonyl (C=O) groups excluding carboxylic acids is 1. The molecule has 2 aromatic rings. The quantitative estimate of drug-likeness (QED) is 0.827. The molecule has 1 amide bonds. The highest BCUT2D eigenvalue weighted by atomic mass is 35.5. The number of thiazole rings is 1. The van der Waals surface area contributed by atoms with Crippen LogP contribution in [0.1, 0.15) is 35.0 Å². The van der Waals surface area contributed by atoms with Crippen LogP contribution in [0.25, 0.3) is 0 Å². The Hall–Kier alpha value is -1.48. The summed E-state index contributed by atoms with van der Waals surface area (Å²) >= 11 is 7.51. The summed E-state index contributed by atoms with van der Waals surface area (Å²) in [5, 5.41) is 3.27. The largest absolute Gasteiger partial charge is 0.298 e. The van der Waals surface area contributed by atoms with E-state index in [2.05, 4.69) is 10.3 Å². The van der Waals surface area contributed by atoms with E-state index in [-0.39, 0.29) is 15.5 Å². The number of sulfonamides is 1. The summed E-state index contributed by atoms with van der Waals surface area (Å²) in [4.78, 5) is 17.5. The van der Waals surface area contributed by atoms with Gasteiger partial charge in [0, 0.05) is 29.7 Å². The average molecular weight is 414 g/mol. The van der Waals surface area contributed by atoms with Gasteiger partial charge in [0.05, 0.1) is 5.02 Å². The number of aryl methyl sites for hydroxylation is 1. The van der Waals surface area contributed by atoms with Crippen LogP contribution in [0.3, 0.4) is 0 Å². The van der Waals surface area contributed by atoms with Gasteiger partial charge < -0.3 is 0 Å². The van der Waals surface area contributed by atoms with Gasteiger partial charge in [-0.1, -0.05) is 18.5 Å². The normalized spacial score (nSPS) is 18.7. The molecule has 0 radical (unpaired) electrons. The molecule has 1 aliphatic rings. The van der Waals surface area contributed by atoms with Gasteiger partial charge in [-0.15, -0.1) is 11.3 Å². The van der Waals surface area contributed by atoms with Gasteiger partial charge in [0.15, 0.2) is 5.13 Å². The molecule has 1 N–H and O–H groups in total. The number of piperidine rings is 1. The van der Waals surface area contributed by atoms with Gasteiger partial charge in [-0.25, -0.2) is 13.4 Å². The third-order valence-corrected chi connectivity index (χ3v) is 7.45. The number of carbonyl (C=O) groups is 1. The van der Waals surface area contributed by atoms with Crippen LogP contribution in [-0.4, -0.2) is 36.7 Å². The van der Waals surface area contributed by atoms with Crippen molar-refractivity contribution >= 4 is 44.0 Å². The number of anilines is 1. The Balaban J connectivity index is 1.88. The lowest BCUT2D eigenvalue weighted by molar-refractivity contribution is 0.102. The summed E-state index contributed by atoms with van der Waals surface area (Å²) in [6.07, 6.45) is 3.49. The number of nitrogens with one attached hydrogen (secondary N) is 1. The summed E-state index contributed by atoms with van der Waals surface area (Å²) in [7, 11) is -3.74. The molecular weight excluding hydrogens is 394 g/mol. The number of hydrogen-bond donors (Lipinski definition) is 1. The molecule has 9 heteroatoms. The zero-order valence-corrected chi connectivity index (χ0v) is 16.9. The number of amides is 1. The molecule has 0 saturated carbocycles. The summed E-state index contributed by atoms with van der Waals surface area (Å²) in [6.45, 7) is 4.86. The molecule has 0 aliphatic carbocycles. The van der Waals surface area contributed by atoms with Crippen LogP contribution in [0.15, 0.2) is 29.3 Å². The van der Waals surface area contributed by atoms with E-state index in [0.717, 1.165) is 17.7 Å². The fourth-order valence-corrected chi connectivity index (χ4v) is 5.69. The van der Waals surface area contributed by atoms with Crippen molar-refractivity contribution < 1.29 is 13.2 Å². The van der Waals surface area contributed by atoms with Gasteiger partial charge >= 0.3 is 0 Å². The molecule has 2 heterocycles. The molecule has 140 valence electrons. The Morgan fingerprint density at radius 3 is 2.85 bits per heavy atom. The van der Waals surface area contributed by atoms with E-state index in [1.165, 1.54) is 33.8 Å². The van der Waals surface area contributed by atoms with E-state index in [1.54, 1.807) is 6.20 Å². The fraction of sp³-hybridized carbons (Fsp3) is 0.412. The highest BCUT2D eigenvalue weighted by Crippen LogP contribution is 2.29. The Morgan fingerprint density at radius 2 is 2.19 bits per heavy atom. The first-order valence-electron chi connectivity index (χ1n) is 8.31. The standard InChI is InChI=1S/C17H20ClN3O3S2/c1-11-4-3-7-21(10-11)26(23,24)15-8-13(5-6-14(15)18)16(22)20-17-19-9-12(2)25-17/h5-6,8-9,11H,3-4,7,10H2,1-2H3,(H,19,20,22)/t11-/m1/s1. The predicted octanol–water partition coefficient (Wildman–Crippen LogP) is 3.78. The SMILES string of the molecule is Cc1cnc(NC(=O)c2ccc(Cl)c(S(=O)(=O)N3CCC[C@@H](C)C3)c2)s1. The third kappa shape index (κ3) is 4.09. The number of nitrogens with zero attached hydrogens (tertiary/aromatic N) is 2. The van der Waals surface area contributed by atoms with Crippen molar-refractivity contribution in [2.24, 2.45) is 5.92 Å². The Morgan fingerprint density at radius 1 is 1.42 bits per heavy atom. The van der Waals surface area contributed by atoms with Crippen molar-refractivity contribution in [3.8, 4) is 0 Å². The van der Waals surface area contributed by atoms with E-state index < -0.39 is 15.9 Å². The maximum absolute atomic E-state index is 13.0. The third-order valence-electron chi connectivity index (χ3n) is 4.27. The van der Waals surface area contributed by atoms with Crippen molar-refractivity contribution in [1.82, 2.24) is 9.29 Å². The smallest absolute Gasteiger partial charge is 0.257 e. The first-order chi connectivity index (χ1) is 12.3. The zero-order chi connectivity index (χ0) is 18.9. The van der Waals surface area contributed by atoms with E-state index in [0.29, 0.717) is 24.1 Å². The first kappa shape index (κ1) is 19.3. The number of halogens is 1. The number of hydrogen-bond acceptors (Lipinski definition) is 5. The van der Waals surface area contributed by atoms with Crippen molar-refractivity contribution in [1.29, 1.82) is 0 Å². The highest BCUT2D eigenvalue weighted by Gasteiger charge is 2.31. The lowest BCUT2D eigenvalue weighted by Gasteiger charge is -2.30. The summed E-state index contributed by atoms with van der Waals surface area (Å²) in [6, 6.07) is 4.30. The summed E-state index contributed by atoms with van der Waals surface area (Å²) < 4.78 is 27.4. The second-order valence-corrected chi connectivity index (χ2v) is 10.0. The minimum atomic E-state index is -3.74. The van der Waals surface area contributed by atoms with Crippen LogP contribution in [0.2, 0.25) is 5.02 Å². The summed E-state index contributed by atoms with van der Waals surface area (Å²) in [5.41, 5.74) is 0.228. The molecule has 0 spiro atoms. The van der Waals surface area contributed by atoms with Crippen LogP contribution in [-0.2, 0) is 10.0 Å². The Bertz CT molecular complexity index is 927. The number of rotatable bonds is 4. The van der Waals surface area contributed by atoms with Crippen LogP contribution in [0.4, 0.5) is 5.13 Å². The van der Waals surface area contributed by atoms with Crippen LogP contribution < -0.4 is 5.32 Å². The fourth-order valence-electron chi connectivity index (χ4n) is 2.93. The monoisotopic (exact) mass is 413 g/mol. The van der Waals surface area contributed by atoms with Gasteiger partial charge in [-0.05, 0) is 43.9 Å². The molecule has 1 fully saturated rings. The van der Waals surface area contributed by atoms with E-state index >= 15 is 0 Å². The van der Waals surface area contributed by atoms with Gasteiger partial charge in [0.2, 0.25) is 10.0 Å². The van der Waals surface area contributed by atoms with Gasteiger partial charge in [0.25, 0.3) is 5.91 Å². The molecule has 1 aromatic heterocycles. The van der Waals surface area contributed by atoms with Crippen molar-refractivity contribution in [3.63, 3.8) is 0 Å². The minimum Gasteiger partial charge on any atom is -0.298 e.